The lowest BCUT2D eigenvalue weighted by Crippen LogP contribution is -2.54. The Morgan fingerprint density at radius 1 is 1.18 bits per heavy atom. The van der Waals surface area contributed by atoms with Gasteiger partial charge in [-0.05, 0) is 38.8 Å². The number of amides is 1. The van der Waals surface area contributed by atoms with Gasteiger partial charge in [-0.15, -0.1) is 0 Å². The summed E-state index contributed by atoms with van der Waals surface area (Å²) >= 11 is 0. The number of hydrogen-bond donors (Lipinski definition) is 0. The van der Waals surface area contributed by atoms with Gasteiger partial charge in [-0.2, -0.15) is 0 Å². The van der Waals surface area contributed by atoms with E-state index in [0.717, 1.165) is 12.1 Å². The van der Waals surface area contributed by atoms with Crippen molar-refractivity contribution in [1.29, 1.82) is 0 Å². The number of rotatable bonds is 0. The average molecular weight is 231 g/mol. The minimum Gasteiger partial charge on any atom is -0.306 e. The minimum absolute atomic E-state index is 0.176. The predicted molar refractivity (Wildman–Crippen MR) is 71.2 cm³/mol. The summed E-state index contributed by atoms with van der Waals surface area (Å²) in [6, 6.07) is 8.23. The van der Waals surface area contributed by atoms with E-state index in [4.69, 9.17) is 0 Å². The fourth-order valence-corrected chi connectivity index (χ4v) is 2.51. The molecule has 0 saturated carbocycles. The number of fused-ring (bicyclic) bond motifs is 1. The molecule has 0 N–H and O–H groups in total. The zero-order valence-corrected chi connectivity index (χ0v) is 11.4. The molecule has 2 nitrogen and oxygen atoms in total. The largest absolute Gasteiger partial charge is 0.306 e. The Morgan fingerprint density at radius 3 is 2.35 bits per heavy atom. The normalized spacial score (nSPS) is 19.1. The van der Waals surface area contributed by atoms with Crippen LogP contribution in [0, 0.1) is 5.41 Å². The molecule has 1 aromatic carbocycles. The van der Waals surface area contributed by atoms with Crippen molar-refractivity contribution >= 4 is 11.6 Å². The number of anilines is 1. The van der Waals surface area contributed by atoms with Gasteiger partial charge in [-0.25, -0.2) is 0 Å². The third-order valence-corrected chi connectivity index (χ3v) is 3.32. The fourth-order valence-electron chi connectivity index (χ4n) is 2.51. The summed E-state index contributed by atoms with van der Waals surface area (Å²) in [5, 5.41) is 0. The molecule has 0 spiro atoms. The van der Waals surface area contributed by atoms with E-state index in [2.05, 4.69) is 26.8 Å². The van der Waals surface area contributed by atoms with E-state index in [-0.39, 0.29) is 16.9 Å². The molecule has 2 rings (SSSR count). The van der Waals surface area contributed by atoms with Gasteiger partial charge in [0.25, 0.3) is 0 Å². The van der Waals surface area contributed by atoms with Crippen LogP contribution in [0.15, 0.2) is 24.3 Å². The monoisotopic (exact) mass is 231 g/mol. The SMILES string of the molecule is CC1(C)Cc2ccccc2N(C(C)(C)C)C1=O. The van der Waals surface area contributed by atoms with Gasteiger partial charge in [-0.1, -0.05) is 32.0 Å². The van der Waals surface area contributed by atoms with Gasteiger partial charge >= 0.3 is 0 Å². The second kappa shape index (κ2) is 3.59. The molecule has 0 fully saturated rings. The van der Waals surface area contributed by atoms with E-state index in [1.54, 1.807) is 0 Å². The van der Waals surface area contributed by atoms with E-state index in [0.29, 0.717) is 0 Å². The van der Waals surface area contributed by atoms with Crippen LogP contribution in [0.2, 0.25) is 0 Å². The highest BCUT2D eigenvalue weighted by atomic mass is 16.2. The van der Waals surface area contributed by atoms with Crippen LogP contribution >= 0.6 is 0 Å². The van der Waals surface area contributed by atoms with E-state index in [9.17, 15) is 4.79 Å². The van der Waals surface area contributed by atoms with Crippen LogP contribution in [0.3, 0.4) is 0 Å². The Hall–Kier alpha value is -1.31. The number of para-hydroxylation sites is 1. The maximum atomic E-state index is 12.6. The van der Waals surface area contributed by atoms with Gasteiger partial charge in [0.05, 0.1) is 0 Å². The van der Waals surface area contributed by atoms with Gasteiger partial charge in [0.15, 0.2) is 0 Å². The number of carbonyl (C=O) groups excluding carboxylic acids is 1. The molecular formula is C15H21NO. The number of hydrogen-bond acceptors (Lipinski definition) is 1. The summed E-state index contributed by atoms with van der Waals surface area (Å²) < 4.78 is 0. The van der Waals surface area contributed by atoms with Crippen LogP contribution in [0.5, 0.6) is 0 Å². The molecule has 1 aromatic rings. The molecule has 1 aliphatic rings. The molecule has 1 amide bonds. The molecule has 0 unspecified atom stereocenters. The topological polar surface area (TPSA) is 20.3 Å². The van der Waals surface area contributed by atoms with E-state index in [1.807, 2.05) is 36.9 Å². The molecule has 1 heterocycles. The van der Waals surface area contributed by atoms with Crippen molar-refractivity contribution in [3.63, 3.8) is 0 Å². The summed E-state index contributed by atoms with van der Waals surface area (Å²) in [5.41, 5.74) is 1.86. The van der Waals surface area contributed by atoms with Crippen LogP contribution in [0.1, 0.15) is 40.2 Å². The number of carbonyl (C=O) groups is 1. The van der Waals surface area contributed by atoms with Gasteiger partial charge in [0.2, 0.25) is 5.91 Å². The maximum Gasteiger partial charge on any atom is 0.233 e. The third kappa shape index (κ3) is 1.97. The van der Waals surface area contributed by atoms with Crippen molar-refractivity contribution in [2.75, 3.05) is 4.90 Å². The van der Waals surface area contributed by atoms with Crippen molar-refractivity contribution < 1.29 is 4.79 Å². The Bertz CT molecular complexity index is 454. The smallest absolute Gasteiger partial charge is 0.233 e. The maximum absolute atomic E-state index is 12.6. The van der Waals surface area contributed by atoms with Gasteiger partial charge in [0.1, 0.15) is 0 Å². The van der Waals surface area contributed by atoms with Crippen LogP contribution < -0.4 is 4.90 Å². The standard InChI is InChI=1S/C15H21NO/c1-14(2,3)16-12-9-7-6-8-11(12)10-15(4,5)13(16)17/h6-9H,10H2,1-5H3. The molecule has 0 radical (unpaired) electrons. The van der Waals surface area contributed by atoms with E-state index in [1.165, 1.54) is 5.56 Å². The Morgan fingerprint density at radius 2 is 1.76 bits per heavy atom. The van der Waals surface area contributed by atoms with Crippen molar-refractivity contribution in [3.8, 4) is 0 Å². The Balaban J connectivity index is 2.61. The lowest BCUT2D eigenvalue weighted by molar-refractivity contribution is -0.128. The first-order valence-electron chi connectivity index (χ1n) is 6.16. The Kier molecular flexibility index (Phi) is 2.57. The molecule has 0 aliphatic carbocycles. The molecule has 0 saturated heterocycles. The van der Waals surface area contributed by atoms with Crippen LogP contribution in [0.25, 0.3) is 0 Å². The molecule has 0 aromatic heterocycles. The summed E-state index contributed by atoms with van der Waals surface area (Å²) in [5.74, 6) is 0.226. The average Bonchev–Trinajstić information content (AvgIpc) is 2.17. The number of benzene rings is 1. The second-order valence-corrected chi connectivity index (χ2v) is 6.50. The lowest BCUT2D eigenvalue weighted by atomic mass is 9.78. The Labute approximate surface area is 104 Å². The predicted octanol–water partition coefficient (Wildman–Crippen LogP) is 3.40. The summed E-state index contributed by atoms with van der Waals surface area (Å²) in [7, 11) is 0. The highest BCUT2D eigenvalue weighted by molar-refractivity contribution is 6.01. The molecule has 0 atom stereocenters. The van der Waals surface area contributed by atoms with Crippen molar-refractivity contribution in [1.82, 2.24) is 0 Å². The fraction of sp³-hybridized carbons (Fsp3) is 0.533. The molecule has 2 heteroatoms. The third-order valence-electron chi connectivity index (χ3n) is 3.32. The summed E-state index contributed by atoms with van der Waals surface area (Å²) in [6.07, 6.45) is 0.828. The highest BCUT2D eigenvalue weighted by Crippen LogP contribution is 2.40. The first-order valence-corrected chi connectivity index (χ1v) is 6.16. The van der Waals surface area contributed by atoms with Gasteiger partial charge in [-0.3, -0.25) is 4.79 Å². The summed E-state index contributed by atoms with van der Waals surface area (Å²) in [6.45, 7) is 10.3. The van der Waals surface area contributed by atoms with Crippen molar-refractivity contribution in [2.45, 2.75) is 46.6 Å². The zero-order valence-electron chi connectivity index (χ0n) is 11.4. The molecule has 0 bridgehead atoms. The summed E-state index contributed by atoms with van der Waals surface area (Å²) in [4.78, 5) is 14.5. The highest BCUT2D eigenvalue weighted by Gasteiger charge is 2.42. The lowest BCUT2D eigenvalue weighted by Gasteiger charge is -2.45. The van der Waals surface area contributed by atoms with Crippen LogP contribution in [-0.4, -0.2) is 11.4 Å². The number of nitrogens with zero attached hydrogens (tertiary/aromatic N) is 1. The van der Waals surface area contributed by atoms with Crippen LogP contribution in [0.4, 0.5) is 5.69 Å². The van der Waals surface area contributed by atoms with Crippen LogP contribution in [-0.2, 0) is 11.2 Å². The minimum atomic E-state index is -0.304. The van der Waals surface area contributed by atoms with E-state index >= 15 is 0 Å². The quantitative estimate of drug-likeness (QED) is 0.670. The zero-order chi connectivity index (χ0) is 12.8. The van der Waals surface area contributed by atoms with Crippen molar-refractivity contribution in [3.05, 3.63) is 29.8 Å². The first kappa shape index (κ1) is 12.2. The van der Waals surface area contributed by atoms with Gasteiger partial charge < -0.3 is 4.90 Å². The van der Waals surface area contributed by atoms with Gasteiger partial charge in [0, 0.05) is 16.6 Å². The van der Waals surface area contributed by atoms with E-state index < -0.39 is 0 Å². The first-order chi connectivity index (χ1) is 7.73. The molecule has 92 valence electrons. The molecule has 1 aliphatic heterocycles. The molecule has 17 heavy (non-hydrogen) atoms. The van der Waals surface area contributed by atoms with Crippen molar-refractivity contribution in [2.24, 2.45) is 5.41 Å². The molecular weight excluding hydrogens is 210 g/mol. The second-order valence-electron chi connectivity index (χ2n) is 6.50.